The van der Waals surface area contributed by atoms with Gasteiger partial charge in [0.25, 0.3) is 0 Å². The Morgan fingerprint density at radius 3 is 2.45 bits per heavy atom. The summed E-state index contributed by atoms with van der Waals surface area (Å²) in [6, 6.07) is 34.3. The van der Waals surface area contributed by atoms with Crippen LogP contribution in [0.15, 0.2) is 161 Å². The third-order valence-corrected chi connectivity index (χ3v) is 10.2. The first-order valence-corrected chi connectivity index (χ1v) is 16.8. The molecule has 5 aromatic rings. The molecule has 0 radical (unpaired) electrons. The summed E-state index contributed by atoms with van der Waals surface area (Å²) < 4.78 is 6.61. The van der Waals surface area contributed by atoms with Gasteiger partial charge in [0.2, 0.25) is 0 Å². The molecule has 4 unspecified atom stereocenters. The molecule has 0 amide bonds. The predicted octanol–water partition coefficient (Wildman–Crippen LogP) is 10.9. The van der Waals surface area contributed by atoms with Crippen LogP contribution >= 0.6 is 0 Å². The van der Waals surface area contributed by atoms with Crippen molar-refractivity contribution in [3.05, 3.63) is 179 Å². The van der Waals surface area contributed by atoms with Gasteiger partial charge in [-0.05, 0) is 71.2 Å². The van der Waals surface area contributed by atoms with Gasteiger partial charge in [-0.3, -0.25) is 4.99 Å². The van der Waals surface area contributed by atoms with Crippen LogP contribution in [0, 0.1) is 17.8 Å². The van der Waals surface area contributed by atoms with Crippen LogP contribution in [0.25, 0.3) is 28.2 Å². The molecule has 0 saturated carbocycles. The fraction of sp³-hybridized carbons (Fsp3) is 0.159. The maximum Gasteiger partial charge on any atom is 0.135 e. The quantitative estimate of drug-likeness (QED) is 0.216. The summed E-state index contributed by atoms with van der Waals surface area (Å²) in [6.45, 7) is 0. The molecule has 4 atom stereocenters. The average Bonchev–Trinajstić information content (AvgIpc) is 3.52. The maximum absolute atomic E-state index is 6.61. The summed E-state index contributed by atoms with van der Waals surface area (Å²) >= 11 is 0. The van der Waals surface area contributed by atoms with E-state index < -0.39 is 0 Å². The molecule has 4 aliphatic rings. The fourth-order valence-electron chi connectivity index (χ4n) is 7.65. The lowest BCUT2D eigenvalue weighted by molar-refractivity contribution is 0.422. The summed E-state index contributed by atoms with van der Waals surface area (Å²) in [5.74, 6) is 3.40. The molecule has 1 aromatic heterocycles. The third kappa shape index (κ3) is 5.22. The smallest absolute Gasteiger partial charge is 0.135 e. The number of hydrogen-bond donors (Lipinski definition) is 1. The molecule has 0 saturated heterocycles. The van der Waals surface area contributed by atoms with Crippen molar-refractivity contribution in [3.8, 4) is 11.1 Å². The van der Waals surface area contributed by atoms with Gasteiger partial charge in [0.15, 0.2) is 0 Å². The summed E-state index contributed by atoms with van der Waals surface area (Å²) in [6.07, 6.45) is 23.9. The summed E-state index contributed by atoms with van der Waals surface area (Å²) in [5.41, 5.74) is 10.5. The second kappa shape index (κ2) is 11.7. The van der Waals surface area contributed by atoms with Gasteiger partial charge in [-0.15, -0.1) is 0 Å². The van der Waals surface area contributed by atoms with Crippen molar-refractivity contribution >= 4 is 28.6 Å². The molecular weight excluding hydrogens is 572 g/mol. The minimum atomic E-state index is -0.112. The van der Waals surface area contributed by atoms with E-state index in [9.17, 15) is 0 Å². The Hall–Kier alpha value is -5.41. The van der Waals surface area contributed by atoms with Gasteiger partial charge in [-0.1, -0.05) is 127 Å². The topological polar surface area (TPSA) is 37.5 Å². The molecule has 1 aliphatic heterocycles. The van der Waals surface area contributed by atoms with Crippen LogP contribution in [0.5, 0.6) is 0 Å². The number of anilines is 1. The lowest BCUT2D eigenvalue weighted by atomic mass is 9.78. The van der Waals surface area contributed by atoms with Crippen LogP contribution in [-0.4, -0.2) is 5.84 Å². The number of aliphatic imine (C=N–C) groups is 1. The first-order valence-electron chi connectivity index (χ1n) is 16.8. The standard InChI is InChI=1S/C44H36N2O/c1-3-10-29(11-4-1)31-18-20-32(21-19-31)34-22-24-37-38-25-23-36(28-42(38)47-41(37)27-34)44-45-40-17-8-7-16-39(40)43(46-44)35-15-9-14-33(26-35)30-12-5-2-6-13-30/h1-10,12-20,22-26,28-29,32,34,43H,11,21,27H2,(H,45,46). The van der Waals surface area contributed by atoms with Gasteiger partial charge in [0.1, 0.15) is 23.2 Å². The molecule has 3 heteroatoms. The molecular formula is C44H36N2O. The number of fused-ring (bicyclic) bond motifs is 4. The highest BCUT2D eigenvalue weighted by atomic mass is 16.3. The molecule has 9 rings (SSSR count). The van der Waals surface area contributed by atoms with Gasteiger partial charge >= 0.3 is 0 Å². The van der Waals surface area contributed by atoms with E-state index >= 15 is 0 Å². The van der Waals surface area contributed by atoms with Crippen molar-refractivity contribution in [2.45, 2.75) is 25.3 Å². The fourth-order valence-corrected chi connectivity index (χ4v) is 7.65. The van der Waals surface area contributed by atoms with E-state index in [2.05, 4.69) is 157 Å². The van der Waals surface area contributed by atoms with Gasteiger partial charge in [0.05, 0.1) is 0 Å². The third-order valence-electron chi connectivity index (χ3n) is 10.2. The van der Waals surface area contributed by atoms with Crippen LogP contribution in [-0.2, 0) is 6.42 Å². The molecule has 3 nitrogen and oxygen atoms in total. The van der Waals surface area contributed by atoms with Gasteiger partial charge in [-0.2, -0.15) is 0 Å². The van der Waals surface area contributed by atoms with Crippen molar-refractivity contribution in [2.24, 2.45) is 22.7 Å². The zero-order valence-electron chi connectivity index (χ0n) is 26.2. The molecule has 0 spiro atoms. The molecule has 4 aromatic carbocycles. The highest BCUT2D eigenvalue weighted by molar-refractivity contribution is 6.11. The van der Waals surface area contributed by atoms with E-state index in [-0.39, 0.29) is 6.04 Å². The number of furan rings is 1. The monoisotopic (exact) mass is 608 g/mol. The van der Waals surface area contributed by atoms with Crippen molar-refractivity contribution in [1.82, 2.24) is 0 Å². The number of nitrogens with one attached hydrogen (secondary N) is 1. The summed E-state index contributed by atoms with van der Waals surface area (Å²) in [4.78, 5) is 5.33. The Morgan fingerprint density at radius 1 is 0.702 bits per heavy atom. The maximum atomic E-state index is 6.61. The van der Waals surface area contributed by atoms with E-state index in [1.807, 2.05) is 0 Å². The van der Waals surface area contributed by atoms with Crippen LogP contribution in [0.3, 0.4) is 0 Å². The lowest BCUT2D eigenvalue weighted by Crippen LogP contribution is -2.22. The normalized spacial score (nSPS) is 22.7. The zero-order valence-corrected chi connectivity index (χ0v) is 26.2. The predicted molar refractivity (Wildman–Crippen MR) is 194 cm³/mol. The van der Waals surface area contributed by atoms with Gasteiger partial charge < -0.3 is 9.73 Å². The number of para-hydroxylation sites is 1. The highest BCUT2D eigenvalue weighted by Crippen LogP contribution is 2.40. The first-order chi connectivity index (χ1) is 23.3. The number of nitrogens with zero attached hydrogens (tertiary/aromatic N) is 1. The zero-order chi connectivity index (χ0) is 31.2. The number of hydrogen-bond acceptors (Lipinski definition) is 3. The van der Waals surface area contributed by atoms with Crippen molar-refractivity contribution < 1.29 is 4.42 Å². The molecule has 228 valence electrons. The summed E-state index contributed by atoms with van der Waals surface area (Å²) in [7, 11) is 0. The van der Waals surface area contributed by atoms with Crippen LogP contribution in [0.1, 0.15) is 46.9 Å². The number of allylic oxidation sites excluding steroid dienone is 9. The van der Waals surface area contributed by atoms with Crippen molar-refractivity contribution in [2.75, 3.05) is 5.32 Å². The molecule has 1 N–H and O–H groups in total. The lowest BCUT2D eigenvalue weighted by Gasteiger charge is -2.27. The molecule has 2 heterocycles. The number of benzene rings is 4. The van der Waals surface area contributed by atoms with E-state index in [1.54, 1.807) is 0 Å². The minimum Gasteiger partial charge on any atom is -0.460 e. The molecule has 0 bridgehead atoms. The Labute approximate surface area is 276 Å². The van der Waals surface area contributed by atoms with Crippen molar-refractivity contribution in [3.63, 3.8) is 0 Å². The Kier molecular flexibility index (Phi) is 6.96. The first kappa shape index (κ1) is 27.9. The number of rotatable bonds is 5. The van der Waals surface area contributed by atoms with E-state index in [0.29, 0.717) is 17.8 Å². The number of amidine groups is 1. The average molecular weight is 609 g/mol. The SMILES string of the molecule is C1=CCC(C2=CCC(C3C=Cc4c(oc5cc(C6=NC(c7cccc(-c8ccccc8)c7)c7ccccc7N6)ccc45)C3)C=C2)C=C1. The Morgan fingerprint density at radius 2 is 1.57 bits per heavy atom. The second-order valence-corrected chi connectivity index (χ2v) is 13.1. The van der Waals surface area contributed by atoms with Crippen molar-refractivity contribution in [1.29, 1.82) is 0 Å². The molecule has 47 heavy (non-hydrogen) atoms. The van der Waals surface area contributed by atoms with E-state index in [4.69, 9.17) is 9.41 Å². The van der Waals surface area contributed by atoms with Crippen LogP contribution in [0.4, 0.5) is 5.69 Å². The van der Waals surface area contributed by atoms with Gasteiger partial charge in [0, 0.05) is 40.1 Å². The van der Waals surface area contributed by atoms with Gasteiger partial charge in [-0.25, -0.2) is 0 Å². The second-order valence-electron chi connectivity index (χ2n) is 13.1. The summed E-state index contributed by atoms with van der Waals surface area (Å²) in [5, 5.41) is 4.80. The van der Waals surface area contributed by atoms with Crippen LogP contribution in [0.2, 0.25) is 0 Å². The Balaban J connectivity index is 0.995. The van der Waals surface area contributed by atoms with E-state index in [1.165, 1.54) is 38.8 Å². The van der Waals surface area contributed by atoms with E-state index in [0.717, 1.165) is 47.7 Å². The Bertz CT molecular complexity index is 2170. The van der Waals surface area contributed by atoms with Crippen LogP contribution < -0.4 is 5.32 Å². The minimum absolute atomic E-state index is 0.112. The molecule has 3 aliphatic carbocycles. The largest absolute Gasteiger partial charge is 0.460 e. The molecule has 0 fully saturated rings. The highest BCUT2D eigenvalue weighted by Gasteiger charge is 2.28.